The summed E-state index contributed by atoms with van der Waals surface area (Å²) in [4.78, 5) is 29.0. The lowest BCUT2D eigenvalue weighted by Gasteiger charge is -2.13. The SMILES string of the molecule is COC(=O)COc1cc(-c2ccccc2)nc2ccc(NC(=O)c3ccc(Br)cc3)cc12. The van der Waals surface area contributed by atoms with E-state index in [-0.39, 0.29) is 12.5 Å². The number of rotatable bonds is 6. The monoisotopic (exact) mass is 490 g/mol. The highest BCUT2D eigenvalue weighted by molar-refractivity contribution is 9.10. The first-order chi connectivity index (χ1) is 15.5. The summed E-state index contributed by atoms with van der Waals surface area (Å²) < 4.78 is 11.3. The molecule has 0 bridgehead atoms. The Morgan fingerprint density at radius 2 is 1.72 bits per heavy atom. The highest BCUT2D eigenvalue weighted by Crippen LogP contribution is 2.32. The number of pyridine rings is 1. The topological polar surface area (TPSA) is 77.5 Å². The number of carbonyl (C=O) groups is 2. The van der Waals surface area contributed by atoms with Crippen molar-refractivity contribution in [1.82, 2.24) is 4.98 Å². The second kappa shape index (κ2) is 9.62. The molecule has 0 radical (unpaired) electrons. The molecule has 4 aromatic rings. The van der Waals surface area contributed by atoms with Crippen molar-refractivity contribution in [1.29, 1.82) is 0 Å². The number of nitrogens with one attached hydrogen (secondary N) is 1. The van der Waals surface area contributed by atoms with Crippen LogP contribution in [0.4, 0.5) is 5.69 Å². The maximum Gasteiger partial charge on any atom is 0.343 e. The fourth-order valence-corrected chi connectivity index (χ4v) is 3.41. The third-order valence-electron chi connectivity index (χ3n) is 4.78. The van der Waals surface area contributed by atoms with E-state index in [1.54, 1.807) is 30.3 Å². The van der Waals surface area contributed by atoms with Crippen molar-refractivity contribution in [2.24, 2.45) is 0 Å². The quantitative estimate of drug-likeness (QED) is 0.362. The van der Waals surface area contributed by atoms with Crippen molar-refractivity contribution >= 4 is 44.4 Å². The van der Waals surface area contributed by atoms with Crippen molar-refractivity contribution in [2.75, 3.05) is 19.0 Å². The summed E-state index contributed by atoms with van der Waals surface area (Å²) in [5.74, 6) is -0.252. The molecule has 1 amide bonds. The molecule has 0 aliphatic heterocycles. The standard InChI is InChI=1S/C25H19BrN2O4/c1-31-24(29)15-32-23-14-22(16-5-3-2-4-6-16)28-21-12-11-19(13-20(21)23)27-25(30)17-7-9-18(26)10-8-17/h2-14H,15H2,1H3,(H,27,30). The second-order valence-electron chi connectivity index (χ2n) is 6.93. The Bertz CT molecular complexity index is 1270. The third-order valence-corrected chi connectivity index (χ3v) is 5.31. The lowest BCUT2D eigenvalue weighted by molar-refractivity contribution is -0.142. The molecule has 0 aliphatic carbocycles. The van der Waals surface area contributed by atoms with Crippen LogP contribution in [0.25, 0.3) is 22.2 Å². The van der Waals surface area contributed by atoms with Crippen molar-refractivity contribution in [3.8, 4) is 17.0 Å². The van der Waals surface area contributed by atoms with Gasteiger partial charge >= 0.3 is 5.97 Å². The number of hydrogen-bond acceptors (Lipinski definition) is 5. The molecule has 0 saturated heterocycles. The number of anilines is 1. The van der Waals surface area contributed by atoms with Gasteiger partial charge in [0.25, 0.3) is 5.91 Å². The molecule has 1 aromatic heterocycles. The van der Waals surface area contributed by atoms with Gasteiger partial charge < -0.3 is 14.8 Å². The number of ether oxygens (including phenoxy) is 2. The van der Waals surface area contributed by atoms with Crippen LogP contribution in [0, 0.1) is 0 Å². The fourth-order valence-electron chi connectivity index (χ4n) is 3.15. The summed E-state index contributed by atoms with van der Waals surface area (Å²) in [6.45, 7) is -0.237. The van der Waals surface area contributed by atoms with Crippen LogP contribution in [0.2, 0.25) is 0 Å². The van der Waals surface area contributed by atoms with Crippen LogP contribution in [-0.2, 0) is 9.53 Å². The van der Waals surface area contributed by atoms with Gasteiger partial charge in [-0.2, -0.15) is 0 Å². The number of carbonyl (C=O) groups excluding carboxylic acids is 2. The molecular weight excluding hydrogens is 472 g/mol. The van der Waals surface area contributed by atoms with Crippen LogP contribution in [0.3, 0.4) is 0 Å². The van der Waals surface area contributed by atoms with E-state index in [2.05, 4.69) is 21.2 Å². The van der Waals surface area contributed by atoms with Crippen molar-refractivity contribution in [3.05, 3.63) is 88.9 Å². The highest BCUT2D eigenvalue weighted by Gasteiger charge is 2.13. The number of fused-ring (bicyclic) bond motifs is 1. The summed E-state index contributed by atoms with van der Waals surface area (Å²) in [5.41, 5.74) is 3.43. The Balaban J connectivity index is 1.70. The molecule has 6 nitrogen and oxygen atoms in total. The van der Waals surface area contributed by atoms with Gasteiger partial charge in [0, 0.05) is 32.7 Å². The molecule has 1 N–H and O–H groups in total. The lowest BCUT2D eigenvalue weighted by Crippen LogP contribution is -2.13. The zero-order valence-corrected chi connectivity index (χ0v) is 18.8. The maximum absolute atomic E-state index is 12.6. The Kier molecular flexibility index (Phi) is 6.47. The first-order valence-electron chi connectivity index (χ1n) is 9.80. The summed E-state index contributed by atoms with van der Waals surface area (Å²) in [5, 5.41) is 3.56. The summed E-state index contributed by atoms with van der Waals surface area (Å²) in [6, 6.07) is 23.9. The Labute approximate surface area is 193 Å². The molecule has 0 fully saturated rings. The van der Waals surface area contributed by atoms with Gasteiger partial charge in [-0.05, 0) is 42.5 Å². The van der Waals surface area contributed by atoms with Gasteiger partial charge in [-0.15, -0.1) is 0 Å². The minimum Gasteiger partial charge on any atom is -0.481 e. The van der Waals surface area contributed by atoms with Crippen LogP contribution < -0.4 is 10.1 Å². The van der Waals surface area contributed by atoms with Gasteiger partial charge in [-0.3, -0.25) is 4.79 Å². The number of benzene rings is 3. The first-order valence-corrected chi connectivity index (χ1v) is 10.6. The van der Waals surface area contributed by atoms with Crippen LogP contribution >= 0.6 is 15.9 Å². The number of amides is 1. The largest absolute Gasteiger partial charge is 0.481 e. The average molecular weight is 491 g/mol. The molecule has 0 unspecified atom stereocenters. The molecule has 4 rings (SSSR count). The van der Waals surface area contributed by atoms with E-state index in [0.29, 0.717) is 33.6 Å². The summed E-state index contributed by atoms with van der Waals surface area (Å²) >= 11 is 3.36. The molecule has 3 aromatic carbocycles. The van der Waals surface area contributed by atoms with E-state index in [4.69, 9.17) is 14.5 Å². The molecule has 0 spiro atoms. The smallest absolute Gasteiger partial charge is 0.343 e. The number of nitrogens with zero attached hydrogens (tertiary/aromatic N) is 1. The maximum atomic E-state index is 12.6. The summed E-state index contributed by atoms with van der Waals surface area (Å²) in [6.07, 6.45) is 0. The molecule has 0 aliphatic rings. The molecule has 160 valence electrons. The van der Waals surface area contributed by atoms with Gasteiger partial charge in [0.2, 0.25) is 0 Å². The predicted molar refractivity (Wildman–Crippen MR) is 127 cm³/mol. The minimum atomic E-state index is -0.490. The molecule has 7 heteroatoms. The zero-order valence-electron chi connectivity index (χ0n) is 17.2. The van der Waals surface area contributed by atoms with E-state index in [1.165, 1.54) is 7.11 Å². The van der Waals surface area contributed by atoms with Gasteiger partial charge in [0.15, 0.2) is 6.61 Å². The second-order valence-corrected chi connectivity index (χ2v) is 7.85. The molecule has 32 heavy (non-hydrogen) atoms. The van der Waals surface area contributed by atoms with E-state index in [1.807, 2.05) is 48.5 Å². The van der Waals surface area contributed by atoms with E-state index in [9.17, 15) is 9.59 Å². The summed E-state index contributed by atoms with van der Waals surface area (Å²) in [7, 11) is 1.31. The van der Waals surface area contributed by atoms with Crippen LogP contribution in [-0.4, -0.2) is 30.6 Å². The number of esters is 1. The predicted octanol–water partition coefficient (Wildman–Crippen LogP) is 5.47. The van der Waals surface area contributed by atoms with Crippen molar-refractivity contribution < 1.29 is 19.1 Å². The molecular formula is C25H19BrN2O4. The lowest BCUT2D eigenvalue weighted by atomic mass is 10.1. The number of hydrogen-bond donors (Lipinski definition) is 1. The minimum absolute atomic E-state index is 0.234. The first kappa shape index (κ1) is 21.5. The average Bonchev–Trinajstić information content (AvgIpc) is 2.83. The van der Waals surface area contributed by atoms with Crippen LogP contribution in [0.15, 0.2) is 83.3 Å². The Hall–Kier alpha value is -3.71. The normalized spacial score (nSPS) is 10.6. The van der Waals surface area contributed by atoms with Crippen LogP contribution in [0.5, 0.6) is 5.75 Å². The van der Waals surface area contributed by atoms with Crippen molar-refractivity contribution in [3.63, 3.8) is 0 Å². The fraction of sp³-hybridized carbons (Fsp3) is 0.0800. The molecule has 1 heterocycles. The highest BCUT2D eigenvalue weighted by atomic mass is 79.9. The van der Waals surface area contributed by atoms with Gasteiger partial charge in [-0.1, -0.05) is 46.3 Å². The van der Waals surface area contributed by atoms with Gasteiger partial charge in [0.05, 0.1) is 18.3 Å². The van der Waals surface area contributed by atoms with E-state index < -0.39 is 5.97 Å². The molecule has 0 saturated carbocycles. The van der Waals surface area contributed by atoms with Crippen molar-refractivity contribution in [2.45, 2.75) is 0 Å². The van der Waals surface area contributed by atoms with Gasteiger partial charge in [-0.25, -0.2) is 9.78 Å². The zero-order chi connectivity index (χ0) is 22.5. The van der Waals surface area contributed by atoms with Gasteiger partial charge in [0.1, 0.15) is 5.75 Å². The number of aromatic nitrogens is 1. The number of methoxy groups -OCH3 is 1. The molecule has 0 atom stereocenters. The Morgan fingerprint density at radius 1 is 0.969 bits per heavy atom. The third kappa shape index (κ3) is 4.95. The number of halogens is 1. The van der Waals surface area contributed by atoms with E-state index in [0.717, 1.165) is 10.0 Å². The van der Waals surface area contributed by atoms with Crippen LogP contribution in [0.1, 0.15) is 10.4 Å². The van der Waals surface area contributed by atoms with E-state index >= 15 is 0 Å². The Morgan fingerprint density at radius 3 is 2.44 bits per heavy atom.